The number of hydrogen-bond donors (Lipinski definition) is 3. The second kappa shape index (κ2) is 8.41. The Bertz CT molecular complexity index is 914. The van der Waals surface area contributed by atoms with Crippen LogP contribution in [0.1, 0.15) is 11.1 Å². The standard InChI is InChI=1S/C16H18N4O5S/c1-17-26(24,25)11-13-6-3-2-5-12(13)10-18-16(21)19-14-7-4-8-15(9-14)20(22)23/h2-9,17H,10-11H2,1H3,(H2,18,19,21). The van der Waals surface area contributed by atoms with Crippen LogP contribution in [-0.4, -0.2) is 26.4 Å². The molecule has 0 atom stereocenters. The molecule has 0 aliphatic carbocycles. The number of benzene rings is 2. The van der Waals surface area contributed by atoms with Gasteiger partial charge in [-0.2, -0.15) is 0 Å². The SMILES string of the molecule is CNS(=O)(=O)Cc1ccccc1CNC(=O)Nc1cccc([N+](=O)[O-])c1. The van der Waals surface area contributed by atoms with Crippen molar-refractivity contribution in [3.63, 3.8) is 0 Å². The maximum absolute atomic E-state index is 12.0. The van der Waals surface area contributed by atoms with Crippen LogP contribution in [0.2, 0.25) is 0 Å². The molecule has 0 fully saturated rings. The molecular formula is C16H18N4O5S. The summed E-state index contributed by atoms with van der Waals surface area (Å²) in [5.74, 6) is -0.201. The number of anilines is 1. The molecule has 2 rings (SSSR count). The molecule has 2 amide bonds. The normalized spacial score (nSPS) is 11.0. The van der Waals surface area contributed by atoms with Crippen LogP contribution in [0.15, 0.2) is 48.5 Å². The number of urea groups is 1. The van der Waals surface area contributed by atoms with Crippen LogP contribution in [0, 0.1) is 10.1 Å². The van der Waals surface area contributed by atoms with Gasteiger partial charge in [0.1, 0.15) is 0 Å². The van der Waals surface area contributed by atoms with Gasteiger partial charge in [0.2, 0.25) is 10.0 Å². The van der Waals surface area contributed by atoms with Crippen molar-refractivity contribution in [3.8, 4) is 0 Å². The summed E-state index contributed by atoms with van der Waals surface area (Å²) in [5, 5.41) is 15.9. The zero-order valence-electron chi connectivity index (χ0n) is 13.9. The minimum atomic E-state index is -3.44. The molecule has 26 heavy (non-hydrogen) atoms. The predicted octanol–water partition coefficient (Wildman–Crippen LogP) is 1.97. The zero-order chi connectivity index (χ0) is 19.2. The minimum Gasteiger partial charge on any atom is -0.334 e. The highest BCUT2D eigenvalue weighted by molar-refractivity contribution is 7.88. The summed E-state index contributed by atoms with van der Waals surface area (Å²) in [7, 11) is -2.10. The van der Waals surface area contributed by atoms with Gasteiger partial charge in [0.15, 0.2) is 0 Å². The third-order valence-electron chi connectivity index (χ3n) is 3.53. The lowest BCUT2D eigenvalue weighted by atomic mass is 10.1. The number of non-ortho nitro benzene ring substituents is 1. The van der Waals surface area contributed by atoms with E-state index in [0.29, 0.717) is 11.1 Å². The Morgan fingerprint density at radius 3 is 2.46 bits per heavy atom. The van der Waals surface area contributed by atoms with Crippen LogP contribution in [0.3, 0.4) is 0 Å². The molecule has 0 heterocycles. The second-order valence-electron chi connectivity index (χ2n) is 5.35. The average molecular weight is 378 g/mol. The van der Waals surface area contributed by atoms with E-state index < -0.39 is 21.0 Å². The summed E-state index contributed by atoms with van der Waals surface area (Å²) in [6.45, 7) is 0.107. The number of sulfonamides is 1. The highest BCUT2D eigenvalue weighted by atomic mass is 32.2. The van der Waals surface area contributed by atoms with Crippen LogP contribution in [0.5, 0.6) is 0 Å². The Morgan fingerprint density at radius 1 is 1.12 bits per heavy atom. The maximum Gasteiger partial charge on any atom is 0.319 e. The van der Waals surface area contributed by atoms with E-state index in [1.807, 2.05) is 0 Å². The topological polar surface area (TPSA) is 130 Å². The molecule has 0 aliphatic rings. The monoisotopic (exact) mass is 378 g/mol. The fourth-order valence-corrected chi connectivity index (χ4v) is 3.03. The number of nitro benzene ring substituents is 1. The Kier molecular flexibility index (Phi) is 6.26. The number of hydrogen-bond acceptors (Lipinski definition) is 5. The number of carbonyl (C=O) groups excluding carboxylic acids is 1. The lowest BCUT2D eigenvalue weighted by Crippen LogP contribution is -2.29. The van der Waals surface area contributed by atoms with Gasteiger partial charge in [-0.25, -0.2) is 17.9 Å². The van der Waals surface area contributed by atoms with Crippen LogP contribution in [0.4, 0.5) is 16.2 Å². The van der Waals surface area contributed by atoms with Gasteiger partial charge >= 0.3 is 6.03 Å². The summed E-state index contributed by atoms with van der Waals surface area (Å²) >= 11 is 0. The van der Waals surface area contributed by atoms with E-state index >= 15 is 0 Å². The van der Waals surface area contributed by atoms with E-state index in [9.17, 15) is 23.3 Å². The van der Waals surface area contributed by atoms with E-state index in [-0.39, 0.29) is 23.7 Å². The zero-order valence-corrected chi connectivity index (χ0v) is 14.7. The van der Waals surface area contributed by atoms with Crippen molar-refractivity contribution >= 4 is 27.4 Å². The van der Waals surface area contributed by atoms with E-state index in [1.54, 1.807) is 24.3 Å². The van der Waals surface area contributed by atoms with Gasteiger partial charge in [0.05, 0.1) is 10.7 Å². The van der Waals surface area contributed by atoms with Crippen LogP contribution in [0.25, 0.3) is 0 Å². The van der Waals surface area contributed by atoms with E-state index in [4.69, 9.17) is 0 Å². The van der Waals surface area contributed by atoms with Gasteiger partial charge in [0, 0.05) is 24.4 Å². The molecule has 0 spiro atoms. The van der Waals surface area contributed by atoms with Gasteiger partial charge in [-0.1, -0.05) is 30.3 Å². The van der Waals surface area contributed by atoms with Crippen molar-refractivity contribution in [2.75, 3.05) is 12.4 Å². The molecule has 3 N–H and O–H groups in total. The number of nitro groups is 1. The summed E-state index contributed by atoms with van der Waals surface area (Å²) in [6.07, 6.45) is 0. The molecule has 9 nitrogen and oxygen atoms in total. The van der Waals surface area contributed by atoms with Crippen molar-refractivity contribution in [1.82, 2.24) is 10.0 Å². The molecular weight excluding hydrogens is 360 g/mol. The van der Waals surface area contributed by atoms with Gasteiger partial charge < -0.3 is 10.6 Å². The first kappa shape index (κ1) is 19.3. The maximum atomic E-state index is 12.0. The van der Waals surface area contributed by atoms with Crippen molar-refractivity contribution in [3.05, 3.63) is 69.8 Å². The number of carbonyl (C=O) groups is 1. The number of amides is 2. The van der Waals surface area contributed by atoms with Crippen molar-refractivity contribution in [1.29, 1.82) is 0 Å². The van der Waals surface area contributed by atoms with Crippen LogP contribution < -0.4 is 15.4 Å². The molecule has 2 aromatic rings. The molecule has 10 heteroatoms. The Labute approximate surface area is 150 Å². The summed E-state index contributed by atoms with van der Waals surface area (Å²) < 4.78 is 25.7. The largest absolute Gasteiger partial charge is 0.334 e. The van der Waals surface area contributed by atoms with Crippen LogP contribution in [-0.2, 0) is 22.3 Å². The lowest BCUT2D eigenvalue weighted by Gasteiger charge is -2.11. The average Bonchev–Trinajstić information content (AvgIpc) is 2.61. The van der Waals surface area contributed by atoms with E-state index in [2.05, 4.69) is 15.4 Å². The Morgan fingerprint density at radius 2 is 1.81 bits per heavy atom. The first-order valence-corrected chi connectivity index (χ1v) is 9.23. The first-order valence-electron chi connectivity index (χ1n) is 7.58. The molecule has 0 saturated heterocycles. The predicted molar refractivity (Wildman–Crippen MR) is 97.1 cm³/mol. The highest BCUT2D eigenvalue weighted by Gasteiger charge is 2.13. The highest BCUT2D eigenvalue weighted by Crippen LogP contribution is 2.17. The smallest absolute Gasteiger partial charge is 0.319 e. The molecule has 0 bridgehead atoms. The lowest BCUT2D eigenvalue weighted by molar-refractivity contribution is -0.384. The number of rotatable bonds is 7. The Hall–Kier alpha value is -2.98. The summed E-state index contributed by atoms with van der Waals surface area (Å²) in [6, 6.07) is 11.8. The fourth-order valence-electron chi connectivity index (χ4n) is 2.20. The summed E-state index contributed by atoms with van der Waals surface area (Å²) in [5.41, 5.74) is 1.37. The second-order valence-corrected chi connectivity index (χ2v) is 7.27. The molecule has 0 aliphatic heterocycles. The molecule has 0 aromatic heterocycles. The third-order valence-corrected chi connectivity index (χ3v) is 4.84. The molecule has 0 saturated carbocycles. The van der Waals surface area contributed by atoms with E-state index in [0.717, 1.165) is 0 Å². The quantitative estimate of drug-likeness (QED) is 0.501. The minimum absolute atomic E-state index is 0.107. The molecule has 0 unspecified atom stereocenters. The van der Waals surface area contributed by atoms with Crippen LogP contribution >= 0.6 is 0 Å². The fraction of sp³-hybridized carbons (Fsp3) is 0.188. The van der Waals surface area contributed by atoms with Gasteiger partial charge in [-0.3, -0.25) is 10.1 Å². The van der Waals surface area contributed by atoms with Crippen molar-refractivity contribution < 1.29 is 18.1 Å². The molecule has 138 valence electrons. The third kappa shape index (κ3) is 5.53. The van der Waals surface area contributed by atoms with Gasteiger partial charge in [-0.15, -0.1) is 0 Å². The van der Waals surface area contributed by atoms with Crippen molar-refractivity contribution in [2.24, 2.45) is 0 Å². The van der Waals surface area contributed by atoms with Gasteiger partial charge in [-0.05, 0) is 24.2 Å². The Balaban J connectivity index is 2.02. The number of nitrogens with zero attached hydrogens (tertiary/aromatic N) is 1. The van der Waals surface area contributed by atoms with Gasteiger partial charge in [0.25, 0.3) is 5.69 Å². The number of nitrogens with one attached hydrogen (secondary N) is 3. The first-order chi connectivity index (χ1) is 12.3. The molecule has 2 aromatic carbocycles. The summed E-state index contributed by atoms with van der Waals surface area (Å²) in [4.78, 5) is 22.2. The molecule has 0 radical (unpaired) electrons. The van der Waals surface area contributed by atoms with Crippen molar-refractivity contribution in [2.45, 2.75) is 12.3 Å². The van der Waals surface area contributed by atoms with E-state index in [1.165, 1.54) is 31.3 Å².